The molecule has 3 aromatic rings. The van der Waals surface area contributed by atoms with Crippen molar-refractivity contribution in [1.82, 2.24) is 5.16 Å². The van der Waals surface area contributed by atoms with E-state index in [1.54, 1.807) is 0 Å². The fourth-order valence-corrected chi connectivity index (χ4v) is 3.20. The van der Waals surface area contributed by atoms with Crippen LogP contribution in [0.3, 0.4) is 0 Å². The minimum Gasteiger partial charge on any atom is -0.380 e. The molecule has 0 amide bonds. The number of hydrogen-bond donors (Lipinski definition) is 1. The maximum atomic E-state index is 6.10. The van der Waals surface area contributed by atoms with Crippen LogP contribution in [0.5, 0.6) is 0 Å². The van der Waals surface area contributed by atoms with Crippen LogP contribution in [0.15, 0.2) is 55.9 Å². The predicted octanol–water partition coefficient (Wildman–Crippen LogP) is 5.77. The van der Waals surface area contributed by atoms with E-state index in [2.05, 4.69) is 37.0 Å². The molecule has 1 heterocycles. The highest BCUT2D eigenvalue weighted by molar-refractivity contribution is 9.10. The summed E-state index contributed by atoms with van der Waals surface area (Å²) < 4.78 is 7.27. The molecule has 0 unspecified atom stereocenters. The van der Waals surface area contributed by atoms with E-state index in [0.29, 0.717) is 16.6 Å². The van der Waals surface area contributed by atoms with Crippen molar-refractivity contribution in [1.29, 1.82) is 0 Å². The van der Waals surface area contributed by atoms with Crippen molar-refractivity contribution in [2.24, 2.45) is 0 Å². The molecule has 0 fully saturated rings. The lowest BCUT2D eigenvalue weighted by Gasteiger charge is -2.04. The third-order valence-corrected chi connectivity index (χ3v) is 4.18. The molecule has 0 saturated carbocycles. The number of nitrogen functional groups attached to an aromatic ring is 1. The lowest BCUT2D eigenvalue weighted by Crippen LogP contribution is -1.89. The molecule has 0 saturated heterocycles. The van der Waals surface area contributed by atoms with Crippen LogP contribution >= 0.6 is 43.5 Å². The zero-order valence-electron chi connectivity index (χ0n) is 10.6. The van der Waals surface area contributed by atoms with Gasteiger partial charge in [0.05, 0.1) is 5.56 Å². The van der Waals surface area contributed by atoms with Crippen LogP contribution < -0.4 is 5.73 Å². The van der Waals surface area contributed by atoms with Crippen LogP contribution in [0.25, 0.3) is 22.5 Å². The molecule has 6 heteroatoms. The molecule has 0 aliphatic heterocycles. The standard InChI is InChI=1S/C15H9Br2ClN2O/c16-10-3-1-8(2-4-10)13-14(21-20-15(13)19)9-5-11(17)7-12(18)6-9/h1-7H,(H2,19,20). The Morgan fingerprint density at radius 1 is 0.952 bits per heavy atom. The molecule has 1 aromatic heterocycles. The zero-order valence-corrected chi connectivity index (χ0v) is 14.5. The summed E-state index contributed by atoms with van der Waals surface area (Å²) in [6.07, 6.45) is 0. The number of anilines is 1. The summed E-state index contributed by atoms with van der Waals surface area (Å²) in [7, 11) is 0. The second-order valence-corrected chi connectivity index (χ2v) is 6.70. The minimum absolute atomic E-state index is 0.350. The van der Waals surface area contributed by atoms with Gasteiger partial charge in [0, 0.05) is 19.5 Å². The average molecular weight is 429 g/mol. The van der Waals surface area contributed by atoms with Crippen LogP contribution in [0, 0.1) is 0 Å². The quantitative estimate of drug-likeness (QED) is 0.564. The summed E-state index contributed by atoms with van der Waals surface area (Å²) in [6.45, 7) is 0. The number of nitrogens with two attached hydrogens (primary N) is 1. The Labute approximate surface area is 143 Å². The van der Waals surface area contributed by atoms with E-state index >= 15 is 0 Å². The second-order valence-electron chi connectivity index (χ2n) is 4.44. The van der Waals surface area contributed by atoms with Gasteiger partial charge in [-0.15, -0.1) is 0 Å². The number of aromatic nitrogens is 1. The molecule has 2 aromatic carbocycles. The van der Waals surface area contributed by atoms with Gasteiger partial charge in [-0.3, -0.25) is 0 Å². The Morgan fingerprint density at radius 2 is 1.67 bits per heavy atom. The number of benzene rings is 2. The number of rotatable bonds is 2. The molecule has 0 spiro atoms. The van der Waals surface area contributed by atoms with Crippen molar-refractivity contribution < 1.29 is 4.52 Å². The lowest BCUT2D eigenvalue weighted by molar-refractivity contribution is 0.436. The van der Waals surface area contributed by atoms with Crippen LogP contribution in [0.2, 0.25) is 5.02 Å². The smallest absolute Gasteiger partial charge is 0.177 e. The normalized spacial score (nSPS) is 10.8. The maximum absolute atomic E-state index is 6.10. The summed E-state index contributed by atoms with van der Waals surface area (Å²) >= 11 is 12.9. The predicted molar refractivity (Wildman–Crippen MR) is 92.2 cm³/mol. The van der Waals surface area contributed by atoms with Gasteiger partial charge in [-0.2, -0.15) is 0 Å². The third-order valence-electron chi connectivity index (χ3n) is 2.98. The molecule has 2 N–H and O–H groups in total. The Hall–Kier alpha value is -1.30. The first-order valence-electron chi connectivity index (χ1n) is 6.02. The molecule has 3 rings (SSSR count). The van der Waals surface area contributed by atoms with E-state index in [1.165, 1.54) is 0 Å². The van der Waals surface area contributed by atoms with Gasteiger partial charge in [0.1, 0.15) is 0 Å². The van der Waals surface area contributed by atoms with Crippen molar-refractivity contribution in [3.05, 3.63) is 56.4 Å². The molecule has 0 aliphatic rings. The van der Waals surface area contributed by atoms with Crippen molar-refractivity contribution in [2.45, 2.75) is 0 Å². The first-order valence-corrected chi connectivity index (χ1v) is 7.98. The van der Waals surface area contributed by atoms with E-state index in [0.717, 1.165) is 25.6 Å². The Bertz CT molecular complexity index is 780. The van der Waals surface area contributed by atoms with Crippen molar-refractivity contribution in [3.63, 3.8) is 0 Å². The Balaban J connectivity index is 2.19. The van der Waals surface area contributed by atoms with E-state index in [4.69, 9.17) is 21.9 Å². The van der Waals surface area contributed by atoms with Crippen LogP contribution in [0.1, 0.15) is 0 Å². The van der Waals surface area contributed by atoms with Crippen LogP contribution in [0.4, 0.5) is 5.82 Å². The molecule has 21 heavy (non-hydrogen) atoms. The summed E-state index contributed by atoms with van der Waals surface area (Å²) in [5, 5.41) is 4.49. The molecule has 0 bridgehead atoms. The molecule has 3 nitrogen and oxygen atoms in total. The van der Waals surface area contributed by atoms with Crippen LogP contribution in [-0.2, 0) is 0 Å². The first-order chi connectivity index (χ1) is 10.0. The van der Waals surface area contributed by atoms with Gasteiger partial charge in [0.25, 0.3) is 0 Å². The summed E-state index contributed by atoms with van der Waals surface area (Å²) in [5.41, 5.74) is 8.47. The molecular formula is C15H9Br2ClN2O. The SMILES string of the molecule is Nc1noc(-c2cc(Cl)cc(Br)c2)c1-c1ccc(Br)cc1. The highest BCUT2D eigenvalue weighted by atomic mass is 79.9. The molecule has 0 aliphatic carbocycles. The van der Waals surface area contributed by atoms with E-state index in [9.17, 15) is 0 Å². The average Bonchev–Trinajstić information content (AvgIpc) is 2.80. The molecule has 106 valence electrons. The summed E-state index contributed by atoms with van der Waals surface area (Å²) in [4.78, 5) is 0. The van der Waals surface area contributed by atoms with Gasteiger partial charge in [-0.1, -0.05) is 60.8 Å². The fourth-order valence-electron chi connectivity index (χ4n) is 2.08. The highest BCUT2D eigenvalue weighted by Gasteiger charge is 2.18. The van der Waals surface area contributed by atoms with Crippen molar-refractivity contribution >= 4 is 49.3 Å². The highest BCUT2D eigenvalue weighted by Crippen LogP contribution is 2.38. The third kappa shape index (κ3) is 3.00. The second kappa shape index (κ2) is 5.83. The van der Waals surface area contributed by atoms with Gasteiger partial charge in [-0.25, -0.2) is 0 Å². The van der Waals surface area contributed by atoms with Crippen molar-refractivity contribution in [3.8, 4) is 22.5 Å². The van der Waals surface area contributed by atoms with Gasteiger partial charge in [0.15, 0.2) is 11.6 Å². The minimum atomic E-state index is 0.350. The summed E-state index contributed by atoms with van der Waals surface area (Å²) in [6, 6.07) is 13.3. The Morgan fingerprint density at radius 3 is 2.33 bits per heavy atom. The number of halogens is 3. The zero-order chi connectivity index (χ0) is 15.0. The lowest BCUT2D eigenvalue weighted by atomic mass is 10.0. The molecular weight excluding hydrogens is 419 g/mol. The maximum Gasteiger partial charge on any atom is 0.177 e. The number of hydrogen-bond acceptors (Lipinski definition) is 3. The van der Waals surface area contributed by atoms with E-state index < -0.39 is 0 Å². The van der Waals surface area contributed by atoms with E-state index in [-0.39, 0.29) is 0 Å². The molecule has 0 radical (unpaired) electrons. The van der Waals surface area contributed by atoms with Gasteiger partial charge in [0.2, 0.25) is 0 Å². The topological polar surface area (TPSA) is 52.0 Å². The monoisotopic (exact) mass is 426 g/mol. The molecule has 0 atom stereocenters. The van der Waals surface area contributed by atoms with E-state index in [1.807, 2.05) is 42.5 Å². The summed E-state index contributed by atoms with van der Waals surface area (Å²) in [5.74, 6) is 0.946. The fraction of sp³-hybridized carbons (Fsp3) is 0. The largest absolute Gasteiger partial charge is 0.380 e. The number of nitrogens with zero attached hydrogens (tertiary/aromatic N) is 1. The van der Waals surface area contributed by atoms with Crippen LogP contribution in [-0.4, -0.2) is 5.16 Å². The van der Waals surface area contributed by atoms with Gasteiger partial charge in [-0.05, 0) is 35.9 Å². The van der Waals surface area contributed by atoms with Crippen molar-refractivity contribution in [2.75, 3.05) is 5.73 Å². The Kier molecular flexibility index (Phi) is 4.06. The van der Waals surface area contributed by atoms with Gasteiger partial charge >= 0.3 is 0 Å². The van der Waals surface area contributed by atoms with Gasteiger partial charge < -0.3 is 10.3 Å². The first kappa shape index (κ1) is 14.6.